The van der Waals surface area contributed by atoms with Crippen LogP contribution in [0.2, 0.25) is 0 Å². The van der Waals surface area contributed by atoms with Crippen molar-refractivity contribution < 1.29 is 9.72 Å². The van der Waals surface area contributed by atoms with Crippen LogP contribution >= 0.6 is 0 Å². The monoisotopic (exact) mass is 285 g/mol. The minimum absolute atomic E-state index is 0.0872. The Hall–Kier alpha value is -2.89. The van der Waals surface area contributed by atoms with E-state index in [1.54, 1.807) is 6.07 Å². The number of amides is 1. The summed E-state index contributed by atoms with van der Waals surface area (Å²) in [5, 5.41) is 13.6. The summed E-state index contributed by atoms with van der Waals surface area (Å²) in [6.45, 7) is 3.83. The van der Waals surface area contributed by atoms with Gasteiger partial charge in [-0.1, -0.05) is 23.8 Å². The van der Waals surface area contributed by atoms with E-state index >= 15 is 0 Å². The molecule has 2 aromatic carbocycles. The molecule has 2 rings (SSSR count). The van der Waals surface area contributed by atoms with Gasteiger partial charge in [0, 0.05) is 11.8 Å². The molecule has 0 radical (unpaired) electrons. The Morgan fingerprint density at radius 2 is 1.95 bits per heavy atom. The standard InChI is InChI=1S/C15H15N3O3/c1-9-6-7-12(10(2)8-9)17-15(19)11-4-3-5-13(14(11)16)18(20)21/h3-8H,16H2,1-2H3,(H,17,19). The highest BCUT2D eigenvalue weighted by atomic mass is 16.6. The summed E-state index contributed by atoms with van der Waals surface area (Å²) in [4.78, 5) is 22.5. The lowest BCUT2D eigenvalue weighted by Crippen LogP contribution is -2.15. The van der Waals surface area contributed by atoms with Crippen molar-refractivity contribution in [2.45, 2.75) is 13.8 Å². The summed E-state index contributed by atoms with van der Waals surface area (Å²) < 4.78 is 0. The molecule has 108 valence electrons. The zero-order valence-electron chi connectivity index (χ0n) is 11.7. The Kier molecular flexibility index (Phi) is 3.89. The Morgan fingerprint density at radius 3 is 2.57 bits per heavy atom. The lowest BCUT2D eigenvalue weighted by atomic mass is 10.1. The third-order valence-electron chi connectivity index (χ3n) is 3.15. The van der Waals surface area contributed by atoms with Crippen molar-refractivity contribution in [3.63, 3.8) is 0 Å². The molecule has 6 heteroatoms. The zero-order chi connectivity index (χ0) is 15.6. The quantitative estimate of drug-likeness (QED) is 0.514. The van der Waals surface area contributed by atoms with Crippen LogP contribution in [0.5, 0.6) is 0 Å². The second-order valence-corrected chi connectivity index (χ2v) is 4.77. The molecule has 0 spiro atoms. The van der Waals surface area contributed by atoms with E-state index in [1.165, 1.54) is 18.2 Å². The molecule has 0 aliphatic heterocycles. The van der Waals surface area contributed by atoms with Gasteiger partial charge in [-0.15, -0.1) is 0 Å². The molecule has 21 heavy (non-hydrogen) atoms. The lowest BCUT2D eigenvalue weighted by molar-refractivity contribution is -0.383. The number of carbonyl (C=O) groups is 1. The smallest absolute Gasteiger partial charge is 0.292 e. The van der Waals surface area contributed by atoms with Gasteiger partial charge in [-0.2, -0.15) is 0 Å². The fourth-order valence-corrected chi connectivity index (χ4v) is 2.05. The number of rotatable bonds is 3. The van der Waals surface area contributed by atoms with Gasteiger partial charge < -0.3 is 11.1 Å². The zero-order valence-corrected chi connectivity index (χ0v) is 11.7. The number of nitro groups is 1. The SMILES string of the molecule is Cc1ccc(NC(=O)c2cccc([N+](=O)[O-])c2N)c(C)c1. The van der Waals surface area contributed by atoms with Crippen molar-refractivity contribution in [1.82, 2.24) is 0 Å². The Balaban J connectivity index is 2.33. The molecule has 2 aromatic rings. The summed E-state index contributed by atoms with van der Waals surface area (Å²) in [6.07, 6.45) is 0. The number of nitrogens with two attached hydrogens (primary N) is 1. The molecule has 6 nitrogen and oxygen atoms in total. The topological polar surface area (TPSA) is 98.3 Å². The van der Waals surface area contributed by atoms with Gasteiger partial charge in [-0.3, -0.25) is 14.9 Å². The third kappa shape index (κ3) is 3.00. The molecule has 0 heterocycles. The van der Waals surface area contributed by atoms with Gasteiger partial charge in [-0.05, 0) is 31.5 Å². The first-order chi connectivity index (χ1) is 9.90. The number of nitrogens with one attached hydrogen (secondary N) is 1. The maximum absolute atomic E-state index is 12.2. The Bertz CT molecular complexity index is 726. The average molecular weight is 285 g/mol. The predicted octanol–water partition coefficient (Wildman–Crippen LogP) is 3.05. The van der Waals surface area contributed by atoms with Crippen molar-refractivity contribution in [3.05, 3.63) is 63.2 Å². The highest BCUT2D eigenvalue weighted by Crippen LogP contribution is 2.26. The van der Waals surface area contributed by atoms with E-state index in [0.717, 1.165) is 11.1 Å². The molecule has 1 amide bonds. The molecule has 0 aromatic heterocycles. The first-order valence-electron chi connectivity index (χ1n) is 6.31. The van der Waals surface area contributed by atoms with Crippen molar-refractivity contribution in [2.24, 2.45) is 0 Å². The number of nitro benzene ring substituents is 1. The molecule has 0 aliphatic rings. The third-order valence-corrected chi connectivity index (χ3v) is 3.15. The minimum Gasteiger partial charge on any atom is -0.393 e. The van der Waals surface area contributed by atoms with E-state index < -0.39 is 10.8 Å². The predicted molar refractivity (Wildman–Crippen MR) is 81.4 cm³/mol. The number of hydrogen-bond donors (Lipinski definition) is 2. The number of benzene rings is 2. The van der Waals surface area contributed by atoms with Crippen LogP contribution in [0.25, 0.3) is 0 Å². The van der Waals surface area contributed by atoms with Gasteiger partial charge in [-0.25, -0.2) is 0 Å². The molecular formula is C15H15N3O3. The normalized spacial score (nSPS) is 10.2. The fraction of sp³-hybridized carbons (Fsp3) is 0.133. The highest BCUT2D eigenvalue weighted by Gasteiger charge is 2.19. The van der Waals surface area contributed by atoms with Crippen LogP contribution in [0.4, 0.5) is 17.1 Å². The van der Waals surface area contributed by atoms with E-state index in [4.69, 9.17) is 5.73 Å². The van der Waals surface area contributed by atoms with Crippen LogP contribution in [-0.4, -0.2) is 10.8 Å². The fourth-order valence-electron chi connectivity index (χ4n) is 2.05. The lowest BCUT2D eigenvalue weighted by Gasteiger charge is -2.10. The van der Waals surface area contributed by atoms with E-state index in [1.807, 2.05) is 26.0 Å². The highest BCUT2D eigenvalue weighted by molar-refractivity contribution is 6.09. The number of nitrogen functional groups attached to an aromatic ring is 1. The molecule has 0 aliphatic carbocycles. The molecule has 0 atom stereocenters. The molecular weight excluding hydrogens is 270 g/mol. The van der Waals surface area contributed by atoms with E-state index in [9.17, 15) is 14.9 Å². The van der Waals surface area contributed by atoms with Crippen LogP contribution < -0.4 is 11.1 Å². The molecule has 3 N–H and O–H groups in total. The first-order valence-corrected chi connectivity index (χ1v) is 6.31. The molecule has 0 fully saturated rings. The second-order valence-electron chi connectivity index (χ2n) is 4.77. The number of para-hydroxylation sites is 1. The summed E-state index contributed by atoms with van der Waals surface area (Å²) in [7, 11) is 0. The van der Waals surface area contributed by atoms with Crippen molar-refractivity contribution in [1.29, 1.82) is 0 Å². The van der Waals surface area contributed by atoms with Crippen LogP contribution in [0.15, 0.2) is 36.4 Å². The molecule has 0 saturated carbocycles. The van der Waals surface area contributed by atoms with E-state index in [-0.39, 0.29) is 16.9 Å². The summed E-state index contributed by atoms with van der Waals surface area (Å²) in [5.41, 5.74) is 8.02. The van der Waals surface area contributed by atoms with Gasteiger partial charge in [0.25, 0.3) is 11.6 Å². The largest absolute Gasteiger partial charge is 0.393 e. The number of carbonyl (C=O) groups excluding carboxylic acids is 1. The summed E-state index contributed by atoms with van der Waals surface area (Å²) in [5.74, 6) is -0.469. The Morgan fingerprint density at radius 1 is 1.24 bits per heavy atom. The molecule has 0 bridgehead atoms. The van der Waals surface area contributed by atoms with Crippen LogP contribution in [-0.2, 0) is 0 Å². The van der Waals surface area contributed by atoms with Crippen LogP contribution in [0, 0.1) is 24.0 Å². The van der Waals surface area contributed by atoms with Crippen molar-refractivity contribution in [3.8, 4) is 0 Å². The summed E-state index contributed by atoms with van der Waals surface area (Å²) >= 11 is 0. The summed E-state index contributed by atoms with van der Waals surface area (Å²) in [6, 6.07) is 9.76. The van der Waals surface area contributed by atoms with Gasteiger partial charge in [0.1, 0.15) is 5.69 Å². The first kappa shape index (κ1) is 14.5. The van der Waals surface area contributed by atoms with Gasteiger partial charge in [0.2, 0.25) is 0 Å². The van der Waals surface area contributed by atoms with E-state index in [2.05, 4.69) is 5.32 Å². The van der Waals surface area contributed by atoms with E-state index in [0.29, 0.717) is 5.69 Å². The minimum atomic E-state index is -0.608. The van der Waals surface area contributed by atoms with Gasteiger partial charge in [0.05, 0.1) is 10.5 Å². The number of nitrogens with zero attached hydrogens (tertiary/aromatic N) is 1. The van der Waals surface area contributed by atoms with Crippen molar-refractivity contribution in [2.75, 3.05) is 11.1 Å². The average Bonchev–Trinajstić information content (AvgIpc) is 2.41. The maximum Gasteiger partial charge on any atom is 0.292 e. The number of anilines is 2. The number of hydrogen-bond acceptors (Lipinski definition) is 4. The maximum atomic E-state index is 12.2. The van der Waals surface area contributed by atoms with Crippen molar-refractivity contribution >= 4 is 23.0 Å². The van der Waals surface area contributed by atoms with Crippen LogP contribution in [0.3, 0.4) is 0 Å². The number of aryl methyl sites for hydroxylation is 2. The van der Waals surface area contributed by atoms with Crippen LogP contribution in [0.1, 0.15) is 21.5 Å². The van der Waals surface area contributed by atoms with Gasteiger partial charge >= 0.3 is 0 Å². The molecule has 0 saturated heterocycles. The van der Waals surface area contributed by atoms with Gasteiger partial charge in [0.15, 0.2) is 0 Å². The molecule has 0 unspecified atom stereocenters. The second kappa shape index (κ2) is 5.62. The Labute approximate surface area is 121 Å².